The van der Waals surface area contributed by atoms with Crippen LogP contribution >= 0.6 is 0 Å². The van der Waals surface area contributed by atoms with Gasteiger partial charge in [-0.3, -0.25) is 0 Å². The van der Waals surface area contributed by atoms with Crippen LogP contribution in [0.3, 0.4) is 0 Å². The van der Waals surface area contributed by atoms with Crippen molar-refractivity contribution in [3.63, 3.8) is 0 Å². The standard InChI is InChI=1S/C7H8F5NO.2C2H6/c8-5(7(10,11)12)6(9)13-1-3-14-4-2-13;2*1-2/h1-4H2;2*1-2H3/b6-5-;;. The lowest BCUT2D eigenvalue weighted by Crippen LogP contribution is -2.35. The van der Waals surface area contributed by atoms with E-state index < -0.39 is 18.0 Å². The summed E-state index contributed by atoms with van der Waals surface area (Å²) in [4.78, 5) is 0.673. The summed E-state index contributed by atoms with van der Waals surface area (Å²) in [7, 11) is 0. The molecule has 0 aromatic carbocycles. The summed E-state index contributed by atoms with van der Waals surface area (Å²) in [5.41, 5.74) is 0. The molecule has 0 saturated carbocycles. The molecule has 0 aromatic heterocycles. The van der Waals surface area contributed by atoms with Crippen molar-refractivity contribution in [1.82, 2.24) is 4.90 Å². The van der Waals surface area contributed by atoms with Gasteiger partial charge in [-0.15, -0.1) is 0 Å². The van der Waals surface area contributed by atoms with Crippen molar-refractivity contribution in [3.8, 4) is 0 Å². The van der Waals surface area contributed by atoms with Crippen LogP contribution in [0.25, 0.3) is 0 Å². The second kappa shape index (κ2) is 10.1. The van der Waals surface area contributed by atoms with Gasteiger partial charge in [0.25, 0.3) is 5.83 Å². The zero-order chi connectivity index (χ0) is 14.8. The number of ether oxygens (including phenoxy) is 1. The fraction of sp³-hybridized carbons (Fsp3) is 0.818. The van der Waals surface area contributed by atoms with E-state index in [1.807, 2.05) is 27.7 Å². The smallest absolute Gasteiger partial charge is 0.378 e. The summed E-state index contributed by atoms with van der Waals surface area (Å²) in [5.74, 6) is -4.54. The van der Waals surface area contributed by atoms with Gasteiger partial charge >= 0.3 is 6.18 Å². The van der Waals surface area contributed by atoms with Crippen LogP contribution in [-0.2, 0) is 4.74 Å². The Morgan fingerprint density at radius 2 is 1.33 bits per heavy atom. The summed E-state index contributed by atoms with van der Waals surface area (Å²) >= 11 is 0. The van der Waals surface area contributed by atoms with E-state index in [1.165, 1.54) is 0 Å². The van der Waals surface area contributed by atoms with Crippen LogP contribution in [0, 0.1) is 0 Å². The Morgan fingerprint density at radius 1 is 0.944 bits per heavy atom. The fourth-order valence-corrected chi connectivity index (χ4v) is 1.02. The first-order valence-electron chi connectivity index (χ1n) is 5.88. The third-order valence-electron chi connectivity index (χ3n) is 1.72. The highest BCUT2D eigenvalue weighted by Gasteiger charge is 2.39. The molecule has 7 heteroatoms. The maximum atomic E-state index is 12.8. The summed E-state index contributed by atoms with van der Waals surface area (Å²) < 4.78 is 65.2. The first-order chi connectivity index (χ1) is 8.43. The van der Waals surface area contributed by atoms with Crippen molar-refractivity contribution < 1.29 is 26.7 Å². The molecule has 18 heavy (non-hydrogen) atoms. The Kier molecular flexibility index (Phi) is 10.9. The van der Waals surface area contributed by atoms with Crippen molar-refractivity contribution in [2.75, 3.05) is 26.3 Å². The van der Waals surface area contributed by atoms with Crippen LogP contribution in [0.1, 0.15) is 27.7 Å². The van der Waals surface area contributed by atoms with Gasteiger partial charge in [0.2, 0.25) is 5.95 Å². The Bertz CT molecular complexity index is 234. The topological polar surface area (TPSA) is 12.5 Å². The van der Waals surface area contributed by atoms with Crippen molar-refractivity contribution in [3.05, 3.63) is 11.8 Å². The predicted molar refractivity (Wildman–Crippen MR) is 60.4 cm³/mol. The quantitative estimate of drug-likeness (QED) is 0.530. The highest BCUT2D eigenvalue weighted by molar-refractivity contribution is 5.05. The predicted octanol–water partition coefficient (Wildman–Crippen LogP) is 4.04. The Labute approximate surface area is 104 Å². The van der Waals surface area contributed by atoms with Crippen LogP contribution in [-0.4, -0.2) is 37.4 Å². The molecule has 1 saturated heterocycles. The summed E-state index contributed by atoms with van der Waals surface area (Å²) in [6.45, 7) is 8.04. The summed E-state index contributed by atoms with van der Waals surface area (Å²) in [5, 5.41) is 0. The van der Waals surface area contributed by atoms with Crippen molar-refractivity contribution in [2.45, 2.75) is 33.9 Å². The lowest BCUT2D eigenvalue weighted by molar-refractivity contribution is -0.114. The number of hydrogen-bond acceptors (Lipinski definition) is 2. The molecule has 0 bridgehead atoms. The average molecular weight is 277 g/mol. The number of allylic oxidation sites excluding steroid dienone is 1. The Balaban J connectivity index is 0. The number of nitrogens with zero attached hydrogens (tertiary/aromatic N) is 1. The molecule has 1 rings (SSSR count). The molecular formula is C11H20F5NO. The van der Waals surface area contributed by atoms with Crippen molar-refractivity contribution in [1.29, 1.82) is 0 Å². The molecule has 1 aliphatic heterocycles. The zero-order valence-corrected chi connectivity index (χ0v) is 11.1. The van der Waals surface area contributed by atoms with E-state index in [2.05, 4.69) is 0 Å². The third kappa shape index (κ3) is 6.78. The molecule has 0 radical (unpaired) electrons. The molecule has 0 atom stereocenters. The molecule has 1 heterocycles. The second-order valence-electron chi connectivity index (χ2n) is 2.70. The van der Waals surface area contributed by atoms with Gasteiger partial charge < -0.3 is 9.64 Å². The monoisotopic (exact) mass is 277 g/mol. The fourth-order valence-electron chi connectivity index (χ4n) is 1.02. The highest BCUT2D eigenvalue weighted by atomic mass is 19.4. The molecule has 0 amide bonds. The highest BCUT2D eigenvalue weighted by Crippen LogP contribution is 2.31. The minimum atomic E-state index is -5.26. The van der Waals surface area contributed by atoms with Crippen molar-refractivity contribution >= 4 is 0 Å². The largest absolute Gasteiger partial charge is 0.447 e. The van der Waals surface area contributed by atoms with E-state index in [4.69, 9.17) is 4.74 Å². The maximum Gasteiger partial charge on any atom is 0.447 e. The van der Waals surface area contributed by atoms with Gasteiger partial charge in [0.05, 0.1) is 13.2 Å². The van der Waals surface area contributed by atoms with Gasteiger partial charge in [0.15, 0.2) is 0 Å². The molecule has 110 valence electrons. The lowest BCUT2D eigenvalue weighted by atomic mass is 10.4. The lowest BCUT2D eigenvalue weighted by Gasteiger charge is -2.27. The average Bonchev–Trinajstić information content (AvgIpc) is 2.41. The minimum Gasteiger partial charge on any atom is -0.378 e. The summed E-state index contributed by atoms with van der Waals surface area (Å²) in [6, 6.07) is 0. The molecular weight excluding hydrogens is 257 g/mol. The van der Waals surface area contributed by atoms with E-state index in [1.54, 1.807) is 0 Å². The van der Waals surface area contributed by atoms with Crippen LogP contribution in [0.5, 0.6) is 0 Å². The maximum absolute atomic E-state index is 12.8. The molecule has 0 aromatic rings. The normalized spacial score (nSPS) is 16.8. The van der Waals surface area contributed by atoms with Gasteiger partial charge in [-0.05, 0) is 0 Å². The van der Waals surface area contributed by atoms with Gasteiger partial charge in [-0.1, -0.05) is 27.7 Å². The minimum absolute atomic E-state index is 0.0741. The number of hydrogen-bond donors (Lipinski definition) is 0. The van der Waals surface area contributed by atoms with E-state index in [0.29, 0.717) is 4.90 Å². The van der Waals surface area contributed by atoms with E-state index in [-0.39, 0.29) is 26.3 Å². The van der Waals surface area contributed by atoms with Gasteiger partial charge in [-0.2, -0.15) is 22.0 Å². The molecule has 1 aliphatic rings. The molecule has 2 nitrogen and oxygen atoms in total. The SMILES string of the molecule is CC.CC.F/C(=C(/F)C(F)(F)F)N1CCOCC1. The number of morpholine rings is 1. The van der Waals surface area contributed by atoms with Gasteiger partial charge in [0, 0.05) is 13.1 Å². The number of alkyl halides is 3. The van der Waals surface area contributed by atoms with Crippen molar-refractivity contribution in [2.24, 2.45) is 0 Å². The number of rotatable bonds is 1. The van der Waals surface area contributed by atoms with Crippen LogP contribution in [0.2, 0.25) is 0 Å². The molecule has 0 unspecified atom stereocenters. The molecule has 0 aliphatic carbocycles. The third-order valence-corrected chi connectivity index (χ3v) is 1.72. The molecule has 0 N–H and O–H groups in total. The van der Waals surface area contributed by atoms with Crippen LogP contribution in [0.4, 0.5) is 22.0 Å². The van der Waals surface area contributed by atoms with Gasteiger partial charge in [0.1, 0.15) is 0 Å². The Morgan fingerprint density at radius 3 is 1.67 bits per heavy atom. The second-order valence-corrected chi connectivity index (χ2v) is 2.70. The number of halogens is 5. The van der Waals surface area contributed by atoms with E-state index >= 15 is 0 Å². The molecule has 1 fully saturated rings. The van der Waals surface area contributed by atoms with Gasteiger partial charge in [-0.25, -0.2) is 0 Å². The summed E-state index contributed by atoms with van der Waals surface area (Å²) in [6.07, 6.45) is -5.26. The first kappa shape index (κ1) is 19.5. The van der Waals surface area contributed by atoms with Crippen LogP contribution in [0.15, 0.2) is 11.8 Å². The van der Waals surface area contributed by atoms with E-state index in [0.717, 1.165) is 0 Å². The Hall–Kier alpha value is -0.850. The van der Waals surface area contributed by atoms with E-state index in [9.17, 15) is 22.0 Å². The first-order valence-corrected chi connectivity index (χ1v) is 5.88. The molecule has 0 spiro atoms. The van der Waals surface area contributed by atoms with Crippen LogP contribution < -0.4 is 0 Å². The zero-order valence-electron chi connectivity index (χ0n) is 11.1.